The predicted molar refractivity (Wildman–Crippen MR) is 117 cm³/mol. The van der Waals surface area contributed by atoms with E-state index in [1.165, 1.54) is 11.3 Å². The third-order valence-electron chi connectivity index (χ3n) is 4.66. The van der Waals surface area contributed by atoms with Crippen molar-refractivity contribution in [3.05, 3.63) is 68.7 Å². The Labute approximate surface area is 184 Å². The number of carbonyl (C=O) groups excluding carboxylic acids is 1. The van der Waals surface area contributed by atoms with Crippen LogP contribution < -0.4 is 20.1 Å². The minimum Gasteiger partial charge on any atom is -0.486 e. The fraction of sp³-hybridized carbons (Fsp3) is 0.190. The molecule has 8 nitrogen and oxygen atoms in total. The van der Waals surface area contributed by atoms with Crippen LogP contribution in [0.4, 0.5) is 5.69 Å². The molecule has 1 aliphatic rings. The van der Waals surface area contributed by atoms with Crippen LogP contribution in [0.2, 0.25) is 0 Å². The van der Waals surface area contributed by atoms with Crippen molar-refractivity contribution in [1.82, 2.24) is 9.78 Å². The van der Waals surface area contributed by atoms with Crippen LogP contribution in [0.25, 0.3) is 10.8 Å². The average molecular weight is 456 g/mol. The minimum absolute atomic E-state index is 0.205. The topological polar surface area (TPSA) is 86.8 Å². The van der Waals surface area contributed by atoms with Crippen LogP contribution in [0.1, 0.15) is 4.88 Å². The Balaban J connectivity index is 1.44. The van der Waals surface area contributed by atoms with Gasteiger partial charge in [-0.05, 0) is 35.0 Å². The Kier molecular flexibility index (Phi) is 5.31. The molecule has 5 rings (SSSR count). The molecule has 0 aliphatic carbocycles. The van der Waals surface area contributed by atoms with Gasteiger partial charge in [0, 0.05) is 16.6 Å². The normalized spacial score (nSPS) is 12.6. The summed E-state index contributed by atoms with van der Waals surface area (Å²) in [4.78, 5) is 28.9. The van der Waals surface area contributed by atoms with E-state index in [4.69, 9.17) is 13.9 Å². The van der Waals surface area contributed by atoms with Gasteiger partial charge < -0.3 is 18.8 Å². The summed E-state index contributed by atoms with van der Waals surface area (Å²) in [5, 5.41) is 8.01. The first kappa shape index (κ1) is 19.6. The van der Waals surface area contributed by atoms with Crippen LogP contribution in [0.15, 0.2) is 62.4 Å². The van der Waals surface area contributed by atoms with Gasteiger partial charge in [0.15, 0.2) is 11.5 Å². The first-order valence-electron chi connectivity index (χ1n) is 9.51. The van der Waals surface area contributed by atoms with Gasteiger partial charge in [-0.2, -0.15) is 4.68 Å². The summed E-state index contributed by atoms with van der Waals surface area (Å²) < 4.78 is 17.5. The molecule has 1 amide bonds. The predicted octanol–water partition coefficient (Wildman–Crippen LogP) is 3.63. The molecule has 0 bridgehead atoms. The molecule has 31 heavy (non-hydrogen) atoms. The Morgan fingerprint density at radius 1 is 1.06 bits per heavy atom. The number of amides is 1. The van der Waals surface area contributed by atoms with E-state index < -0.39 is 5.76 Å². The molecule has 4 heterocycles. The molecule has 158 valence electrons. The van der Waals surface area contributed by atoms with Crippen molar-refractivity contribution in [2.24, 2.45) is 0 Å². The van der Waals surface area contributed by atoms with Crippen molar-refractivity contribution < 1.29 is 18.7 Å². The van der Waals surface area contributed by atoms with E-state index in [9.17, 15) is 9.59 Å². The Morgan fingerprint density at radius 3 is 2.65 bits per heavy atom. The fourth-order valence-corrected chi connectivity index (χ4v) is 4.54. The second kappa shape index (κ2) is 8.40. The van der Waals surface area contributed by atoms with E-state index in [2.05, 4.69) is 5.10 Å². The van der Waals surface area contributed by atoms with Crippen molar-refractivity contribution >= 4 is 34.3 Å². The number of hydrogen-bond donors (Lipinski definition) is 0. The standard InChI is InChI=1S/C21H17N3O5S2/c25-19(13-24-21(26)29-20(22-24)18-4-2-10-31-18)23(12-15-3-1-9-30-15)14-5-6-16-17(11-14)28-8-7-27-16/h1-6,9-11H,7-8,12-13H2. The number of fused-ring (bicyclic) bond motifs is 1. The molecular weight excluding hydrogens is 438 g/mol. The summed E-state index contributed by atoms with van der Waals surface area (Å²) in [7, 11) is 0. The van der Waals surface area contributed by atoms with E-state index in [1.54, 1.807) is 34.4 Å². The van der Waals surface area contributed by atoms with Crippen molar-refractivity contribution in [1.29, 1.82) is 0 Å². The first-order valence-corrected chi connectivity index (χ1v) is 11.3. The summed E-state index contributed by atoms with van der Waals surface area (Å²) in [6.07, 6.45) is 0. The lowest BCUT2D eigenvalue weighted by molar-refractivity contribution is -0.119. The van der Waals surface area contributed by atoms with Crippen molar-refractivity contribution in [3.8, 4) is 22.3 Å². The van der Waals surface area contributed by atoms with E-state index >= 15 is 0 Å². The van der Waals surface area contributed by atoms with Gasteiger partial charge in [0.25, 0.3) is 5.89 Å². The number of carbonyl (C=O) groups is 1. The Bertz CT molecular complexity index is 1240. The molecule has 1 aliphatic heterocycles. The fourth-order valence-electron chi connectivity index (χ4n) is 3.20. The van der Waals surface area contributed by atoms with E-state index in [1.807, 2.05) is 35.0 Å². The molecule has 10 heteroatoms. The number of nitrogens with zero attached hydrogens (tertiary/aromatic N) is 3. The molecule has 0 radical (unpaired) electrons. The van der Waals surface area contributed by atoms with Gasteiger partial charge in [0.05, 0.1) is 11.4 Å². The largest absolute Gasteiger partial charge is 0.486 e. The Hall–Kier alpha value is -3.37. The molecule has 4 aromatic rings. The first-order chi connectivity index (χ1) is 15.2. The summed E-state index contributed by atoms with van der Waals surface area (Å²) in [6.45, 7) is 1.06. The van der Waals surface area contributed by atoms with Gasteiger partial charge in [0.2, 0.25) is 5.91 Å². The lowest BCUT2D eigenvalue weighted by Crippen LogP contribution is -2.35. The number of aromatic nitrogens is 2. The highest BCUT2D eigenvalue weighted by atomic mass is 32.1. The SMILES string of the molecule is O=C(Cn1nc(-c2cccs2)oc1=O)N(Cc1cccs1)c1ccc2c(c1)OCCO2. The lowest BCUT2D eigenvalue weighted by Gasteiger charge is -2.25. The monoisotopic (exact) mass is 455 g/mol. The van der Waals surface area contributed by atoms with Crippen molar-refractivity contribution in [2.75, 3.05) is 18.1 Å². The summed E-state index contributed by atoms with van der Waals surface area (Å²) in [5.74, 6) is 0.475. The second-order valence-electron chi connectivity index (χ2n) is 6.70. The Morgan fingerprint density at radius 2 is 1.87 bits per heavy atom. The number of rotatable bonds is 6. The third-order valence-corrected chi connectivity index (χ3v) is 6.37. The molecule has 0 atom stereocenters. The third kappa shape index (κ3) is 4.12. The molecule has 0 spiro atoms. The number of benzene rings is 1. The van der Waals surface area contributed by atoms with E-state index in [-0.39, 0.29) is 18.3 Å². The van der Waals surface area contributed by atoms with Crippen LogP contribution in [-0.2, 0) is 17.9 Å². The van der Waals surface area contributed by atoms with Crippen LogP contribution in [0.3, 0.4) is 0 Å². The van der Waals surface area contributed by atoms with E-state index in [0.29, 0.717) is 36.9 Å². The van der Waals surface area contributed by atoms with Gasteiger partial charge in [-0.25, -0.2) is 4.79 Å². The highest BCUT2D eigenvalue weighted by molar-refractivity contribution is 7.13. The molecule has 3 aromatic heterocycles. The van der Waals surface area contributed by atoms with Crippen molar-refractivity contribution in [2.45, 2.75) is 13.1 Å². The summed E-state index contributed by atoms with van der Waals surface area (Å²) in [6, 6.07) is 12.9. The smallest absolute Gasteiger partial charge is 0.437 e. The van der Waals surface area contributed by atoms with Crippen LogP contribution in [0.5, 0.6) is 11.5 Å². The molecule has 0 saturated carbocycles. The molecule has 0 N–H and O–H groups in total. The zero-order chi connectivity index (χ0) is 21.2. The highest BCUT2D eigenvalue weighted by Gasteiger charge is 2.23. The zero-order valence-corrected chi connectivity index (χ0v) is 17.9. The van der Waals surface area contributed by atoms with Crippen LogP contribution in [-0.4, -0.2) is 28.9 Å². The molecular formula is C21H17N3O5S2. The van der Waals surface area contributed by atoms with Crippen molar-refractivity contribution in [3.63, 3.8) is 0 Å². The lowest BCUT2D eigenvalue weighted by atomic mass is 10.2. The van der Waals surface area contributed by atoms with Crippen LogP contribution >= 0.6 is 22.7 Å². The number of anilines is 1. The molecule has 0 unspecified atom stereocenters. The quantitative estimate of drug-likeness (QED) is 0.441. The van der Waals surface area contributed by atoms with Crippen LogP contribution in [0, 0.1) is 0 Å². The second-order valence-corrected chi connectivity index (χ2v) is 8.68. The summed E-state index contributed by atoms with van der Waals surface area (Å²) >= 11 is 2.96. The number of ether oxygens (including phenoxy) is 2. The molecule has 0 saturated heterocycles. The minimum atomic E-state index is -0.671. The maximum Gasteiger partial charge on any atom is 0.437 e. The van der Waals surface area contributed by atoms with Gasteiger partial charge in [-0.1, -0.05) is 12.1 Å². The van der Waals surface area contributed by atoms with E-state index in [0.717, 1.165) is 14.4 Å². The van der Waals surface area contributed by atoms with Gasteiger partial charge in [-0.15, -0.1) is 27.8 Å². The number of hydrogen-bond acceptors (Lipinski definition) is 8. The molecule has 0 fully saturated rings. The highest BCUT2D eigenvalue weighted by Crippen LogP contribution is 2.35. The average Bonchev–Trinajstić information content (AvgIpc) is 3.55. The maximum atomic E-state index is 13.3. The molecule has 1 aromatic carbocycles. The van der Waals surface area contributed by atoms with Gasteiger partial charge >= 0.3 is 5.76 Å². The number of thiophene rings is 2. The zero-order valence-electron chi connectivity index (χ0n) is 16.2. The van der Waals surface area contributed by atoms with Gasteiger partial charge in [-0.3, -0.25) is 4.79 Å². The van der Waals surface area contributed by atoms with Gasteiger partial charge in [0.1, 0.15) is 19.8 Å². The maximum absolute atomic E-state index is 13.3. The summed E-state index contributed by atoms with van der Waals surface area (Å²) in [5.41, 5.74) is 0.651.